The molecule has 0 fully saturated rings. The molecule has 0 atom stereocenters. The van der Waals surface area contributed by atoms with E-state index >= 15 is 0 Å². The van der Waals surface area contributed by atoms with Crippen LogP contribution in [0.15, 0.2) is 0 Å². The van der Waals surface area contributed by atoms with Gasteiger partial charge in [-0.05, 0) is 0 Å². The predicted octanol–water partition coefficient (Wildman–Crippen LogP) is -1.43. The summed E-state index contributed by atoms with van der Waals surface area (Å²) >= 11 is 4.65. The van der Waals surface area contributed by atoms with Crippen LogP contribution in [0.5, 0.6) is 0 Å². The van der Waals surface area contributed by atoms with Gasteiger partial charge in [0.1, 0.15) is 0 Å². The van der Waals surface area contributed by atoms with Crippen LogP contribution < -0.4 is 10.5 Å². The van der Waals surface area contributed by atoms with E-state index in [0.29, 0.717) is 7.15 Å². The minimum absolute atomic E-state index is 0.165. The molecular weight excluding hydrogens is 150 g/mol. The molecule has 0 aliphatic carbocycles. The van der Waals surface area contributed by atoms with E-state index in [4.69, 9.17) is 5.02 Å². The first-order chi connectivity index (χ1) is 4.66. The quantitative estimate of drug-likeness (QED) is 0.347. The fourth-order valence-electron chi connectivity index (χ4n) is 0.375. The van der Waals surface area contributed by atoms with Gasteiger partial charge in [-0.25, -0.2) is 0 Å². The molecule has 0 saturated carbocycles. The molecule has 0 heterocycles. The second kappa shape index (κ2) is 5.37. The van der Waals surface area contributed by atoms with E-state index in [1.54, 1.807) is 0 Å². The van der Waals surface area contributed by atoms with E-state index in [2.05, 4.69) is 22.8 Å². The van der Waals surface area contributed by atoms with Gasteiger partial charge in [0, 0.05) is 0 Å². The van der Waals surface area contributed by atoms with Crippen LogP contribution in [0.2, 0.25) is 6.82 Å². The third kappa shape index (κ3) is 5.71. The van der Waals surface area contributed by atoms with Crippen LogP contribution in [-0.2, 0) is 4.70 Å². The van der Waals surface area contributed by atoms with Gasteiger partial charge in [0.2, 0.25) is 0 Å². The van der Waals surface area contributed by atoms with E-state index < -0.39 is 7.05 Å². The zero-order chi connectivity index (χ0) is 7.98. The Bertz CT molecular complexity index is 132. The van der Waals surface area contributed by atoms with E-state index in [9.17, 15) is 4.70 Å². The van der Waals surface area contributed by atoms with Crippen LogP contribution in [0.1, 0.15) is 0 Å². The van der Waals surface area contributed by atoms with Crippen LogP contribution in [0, 0.1) is 0 Å². The SMILES string of the molecule is CB(O)NC(=S)NCB=O. The summed E-state index contributed by atoms with van der Waals surface area (Å²) in [5.74, 6) is 0. The number of rotatable bonds is 3. The van der Waals surface area contributed by atoms with E-state index in [1.165, 1.54) is 6.82 Å². The molecule has 54 valence electrons. The number of thiocarbonyl (C=S) groups is 1. The molecule has 0 aromatic heterocycles. The van der Waals surface area contributed by atoms with Crippen LogP contribution in [0.4, 0.5) is 0 Å². The van der Waals surface area contributed by atoms with Crippen molar-refractivity contribution in [2.45, 2.75) is 6.82 Å². The summed E-state index contributed by atoms with van der Waals surface area (Å²) in [5.41, 5.74) is 0. The third-order valence-corrected chi connectivity index (χ3v) is 0.948. The average molecular weight is 158 g/mol. The summed E-state index contributed by atoms with van der Waals surface area (Å²) in [6, 6.07) is 0. The fraction of sp³-hybridized carbons (Fsp3) is 0.667. The summed E-state index contributed by atoms with van der Waals surface area (Å²) in [4.78, 5) is 0. The molecular formula is C3H8B2N2O2S. The molecule has 0 unspecified atom stereocenters. The summed E-state index contributed by atoms with van der Waals surface area (Å²) < 4.78 is 9.78. The van der Waals surface area contributed by atoms with Gasteiger partial charge in [-0.1, -0.05) is 0 Å². The standard InChI is InChI=1S/C3H8B2N2O2S/c1-5(9)7-3(10)6-2-4-8/h9H,2H2,1H3,(H2,6,7,10). The van der Waals surface area contributed by atoms with Crippen molar-refractivity contribution in [3.63, 3.8) is 0 Å². The number of hydrogen-bond donors (Lipinski definition) is 3. The second-order valence-corrected chi connectivity index (χ2v) is 2.11. The third-order valence-electron chi connectivity index (χ3n) is 0.686. The molecule has 0 aliphatic heterocycles. The summed E-state index contributed by atoms with van der Waals surface area (Å²) in [6.07, 6.45) is 0.165. The molecule has 7 heteroatoms. The van der Waals surface area contributed by atoms with Crippen molar-refractivity contribution >= 4 is 31.5 Å². The maximum absolute atomic E-state index is 9.78. The Labute approximate surface area is 65.8 Å². The van der Waals surface area contributed by atoms with Gasteiger partial charge in [-0.2, -0.15) is 0 Å². The monoisotopic (exact) mass is 158 g/mol. The van der Waals surface area contributed by atoms with Gasteiger partial charge in [0.05, 0.1) is 0 Å². The zero-order valence-corrected chi connectivity index (χ0v) is 6.44. The van der Waals surface area contributed by atoms with Gasteiger partial charge >= 0.3 is 65.1 Å². The van der Waals surface area contributed by atoms with Crippen molar-refractivity contribution in [3.8, 4) is 0 Å². The van der Waals surface area contributed by atoms with Gasteiger partial charge in [0.15, 0.2) is 0 Å². The summed E-state index contributed by atoms with van der Waals surface area (Å²) in [7, 11) is 0.00221. The summed E-state index contributed by atoms with van der Waals surface area (Å²) in [6.45, 7) is 1.54. The van der Waals surface area contributed by atoms with Gasteiger partial charge < -0.3 is 0 Å². The Kier molecular flexibility index (Phi) is 5.15. The Hall–Kier alpha value is -0.420. The molecule has 0 radical (unpaired) electrons. The van der Waals surface area contributed by atoms with Crippen molar-refractivity contribution in [2.75, 3.05) is 6.44 Å². The first kappa shape index (κ1) is 9.58. The number of nitrogens with one attached hydrogen (secondary N) is 2. The first-order valence-electron chi connectivity index (χ1n) is 2.83. The fourth-order valence-corrected chi connectivity index (χ4v) is 0.629. The normalized spacial score (nSPS) is 7.80. The van der Waals surface area contributed by atoms with Crippen molar-refractivity contribution in [1.29, 1.82) is 0 Å². The van der Waals surface area contributed by atoms with Crippen molar-refractivity contribution in [2.24, 2.45) is 0 Å². The molecule has 0 bridgehead atoms. The molecule has 0 amide bonds. The molecule has 4 nitrogen and oxygen atoms in total. The van der Waals surface area contributed by atoms with Crippen LogP contribution in [0.3, 0.4) is 0 Å². The van der Waals surface area contributed by atoms with Gasteiger partial charge in [0.25, 0.3) is 0 Å². The van der Waals surface area contributed by atoms with Crippen molar-refractivity contribution < 1.29 is 9.73 Å². The van der Waals surface area contributed by atoms with Crippen LogP contribution in [-0.4, -0.2) is 30.8 Å². The molecule has 10 heavy (non-hydrogen) atoms. The minimum atomic E-state index is -0.688. The Morgan fingerprint density at radius 3 is 2.90 bits per heavy atom. The Morgan fingerprint density at radius 1 is 1.90 bits per heavy atom. The van der Waals surface area contributed by atoms with Gasteiger partial charge in [-0.15, -0.1) is 0 Å². The molecule has 0 aliphatic rings. The van der Waals surface area contributed by atoms with E-state index in [0.717, 1.165) is 0 Å². The zero-order valence-electron chi connectivity index (χ0n) is 5.63. The number of hydrogen-bond acceptors (Lipinski definition) is 3. The molecule has 0 rings (SSSR count). The molecule has 0 spiro atoms. The van der Waals surface area contributed by atoms with E-state index in [1.807, 2.05) is 0 Å². The second-order valence-electron chi connectivity index (χ2n) is 1.70. The predicted molar refractivity (Wildman–Crippen MR) is 44.0 cm³/mol. The molecule has 0 aromatic carbocycles. The first-order valence-corrected chi connectivity index (χ1v) is 3.23. The van der Waals surface area contributed by atoms with Crippen molar-refractivity contribution in [1.82, 2.24) is 10.5 Å². The Morgan fingerprint density at radius 2 is 2.50 bits per heavy atom. The molecule has 0 saturated heterocycles. The van der Waals surface area contributed by atoms with Crippen LogP contribution in [0.25, 0.3) is 0 Å². The molecule has 0 aromatic rings. The maximum atomic E-state index is 9.78. The Balaban J connectivity index is 3.34. The molecule has 3 N–H and O–H groups in total. The average Bonchev–Trinajstić information content (AvgIpc) is 1.82. The topological polar surface area (TPSA) is 61.4 Å². The van der Waals surface area contributed by atoms with E-state index in [-0.39, 0.29) is 11.6 Å². The van der Waals surface area contributed by atoms with Gasteiger partial charge in [-0.3, -0.25) is 0 Å². The van der Waals surface area contributed by atoms with Crippen molar-refractivity contribution in [3.05, 3.63) is 0 Å². The van der Waals surface area contributed by atoms with Crippen LogP contribution >= 0.6 is 12.2 Å². The summed E-state index contributed by atoms with van der Waals surface area (Å²) in [5, 5.41) is 14.0.